The number of aromatic nitrogens is 3. The molecule has 8 heteroatoms. The van der Waals surface area contributed by atoms with Crippen LogP contribution in [0.1, 0.15) is 28.7 Å². The van der Waals surface area contributed by atoms with Gasteiger partial charge in [0.15, 0.2) is 16.8 Å². The van der Waals surface area contributed by atoms with Gasteiger partial charge in [0, 0.05) is 10.0 Å². The van der Waals surface area contributed by atoms with E-state index in [9.17, 15) is 4.79 Å². The number of aryl methyl sites for hydroxylation is 1. The molecule has 4 aromatic rings. The van der Waals surface area contributed by atoms with Crippen molar-refractivity contribution in [1.82, 2.24) is 14.8 Å². The van der Waals surface area contributed by atoms with Crippen molar-refractivity contribution in [2.24, 2.45) is 0 Å². The lowest BCUT2D eigenvalue weighted by Crippen LogP contribution is -2.09. The molecule has 0 atom stereocenters. The highest BCUT2D eigenvalue weighted by atomic mass is 79.9. The molecule has 3 aromatic carbocycles. The van der Waals surface area contributed by atoms with Gasteiger partial charge in [-0.05, 0) is 74.0 Å². The largest absolute Gasteiger partial charge is 0.494 e. The van der Waals surface area contributed by atoms with Crippen molar-refractivity contribution in [1.29, 1.82) is 0 Å². The van der Waals surface area contributed by atoms with Gasteiger partial charge in [0.1, 0.15) is 18.1 Å². The number of ether oxygens (including phenoxy) is 2. The maximum absolute atomic E-state index is 12.8. The van der Waals surface area contributed by atoms with Gasteiger partial charge in [-0.1, -0.05) is 45.9 Å². The number of thioether (sulfide) groups is 1. The molecule has 0 aliphatic rings. The number of nitrogens with zero attached hydrogens (tertiary/aromatic N) is 3. The normalized spacial score (nSPS) is 10.8. The topological polar surface area (TPSA) is 66.2 Å². The lowest BCUT2D eigenvalue weighted by atomic mass is 10.1. The fourth-order valence-corrected chi connectivity index (χ4v) is 4.46. The minimum absolute atomic E-state index is 0.0139. The van der Waals surface area contributed by atoms with Crippen molar-refractivity contribution in [2.75, 3.05) is 12.4 Å². The minimum atomic E-state index is 0.0139. The molecule has 0 spiro atoms. The number of halogens is 1. The molecule has 0 radical (unpaired) electrons. The number of hydrogen-bond donors (Lipinski definition) is 0. The highest BCUT2D eigenvalue weighted by Crippen LogP contribution is 2.26. The Balaban J connectivity index is 1.53. The van der Waals surface area contributed by atoms with Crippen LogP contribution in [0.4, 0.5) is 0 Å². The lowest BCUT2D eigenvalue weighted by molar-refractivity contribution is 0.102. The third-order valence-corrected chi connectivity index (χ3v) is 6.52. The second kappa shape index (κ2) is 11.4. The Morgan fingerprint density at radius 1 is 0.941 bits per heavy atom. The van der Waals surface area contributed by atoms with Gasteiger partial charge < -0.3 is 9.47 Å². The van der Waals surface area contributed by atoms with Crippen LogP contribution in [0.25, 0.3) is 5.69 Å². The van der Waals surface area contributed by atoms with E-state index in [1.54, 1.807) is 12.1 Å². The molecule has 0 amide bonds. The lowest BCUT2D eigenvalue weighted by Gasteiger charge is -2.13. The summed E-state index contributed by atoms with van der Waals surface area (Å²) >= 11 is 4.79. The second-order valence-electron chi connectivity index (χ2n) is 7.43. The van der Waals surface area contributed by atoms with E-state index < -0.39 is 0 Å². The fourth-order valence-electron chi connectivity index (χ4n) is 3.34. The smallest absolute Gasteiger partial charge is 0.196 e. The summed E-state index contributed by atoms with van der Waals surface area (Å²) in [5.74, 6) is 2.41. The summed E-state index contributed by atoms with van der Waals surface area (Å²) in [6.45, 7) is 4.80. The van der Waals surface area contributed by atoms with Gasteiger partial charge >= 0.3 is 0 Å². The van der Waals surface area contributed by atoms with Crippen LogP contribution in [0.5, 0.6) is 11.5 Å². The van der Waals surface area contributed by atoms with Crippen molar-refractivity contribution < 1.29 is 14.3 Å². The number of benzene rings is 3. The monoisotopic (exact) mass is 537 g/mol. The van der Waals surface area contributed by atoms with Gasteiger partial charge in [-0.15, -0.1) is 10.2 Å². The number of Topliss-reactive ketones (excluding diaryl/α,β-unsaturated/α-hetero) is 1. The summed E-state index contributed by atoms with van der Waals surface area (Å²) in [7, 11) is 0. The number of carbonyl (C=O) groups excluding carboxylic acids is 1. The molecule has 1 aromatic heterocycles. The van der Waals surface area contributed by atoms with Crippen molar-refractivity contribution in [2.45, 2.75) is 25.6 Å². The number of carbonyl (C=O) groups is 1. The summed E-state index contributed by atoms with van der Waals surface area (Å²) < 4.78 is 14.4. The maximum atomic E-state index is 12.8. The molecule has 4 rings (SSSR count). The van der Waals surface area contributed by atoms with Gasteiger partial charge in [0.05, 0.1) is 18.0 Å². The molecule has 0 unspecified atom stereocenters. The van der Waals surface area contributed by atoms with Crippen molar-refractivity contribution in [3.05, 3.63) is 94.2 Å². The third kappa shape index (κ3) is 5.87. The SMILES string of the molecule is CCOc1ccc(C(=O)CSc2nnc(COc3ccc(Br)cc3)n2-c2ccccc2C)cc1. The van der Waals surface area contributed by atoms with E-state index in [0.29, 0.717) is 23.2 Å². The van der Waals surface area contributed by atoms with Crippen LogP contribution in [-0.2, 0) is 6.61 Å². The van der Waals surface area contributed by atoms with Crippen LogP contribution < -0.4 is 9.47 Å². The van der Waals surface area contributed by atoms with E-state index >= 15 is 0 Å². The predicted octanol–water partition coefficient (Wildman–Crippen LogP) is 6.29. The Morgan fingerprint density at radius 2 is 1.62 bits per heavy atom. The van der Waals surface area contributed by atoms with Gasteiger partial charge in [0.2, 0.25) is 0 Å². The Hall–Kier alpha value is -3.10. The van der Waals surface area contributed by atoms with Gasteiger partial charge in [-0.2, -0.15) is 0 Å². The molecule has 34 heavy (non-hydrogen) atoms. The Kier molecular flexibility index (Phi) is 8.03. The van der Waals surface area contributed by atoms with E-state index in [2.05, 4.69) is 26.1 Å². The first-order valence-corrected chi connectivity index (χ1v) is 12.6. The standard InChI is InChI=1S/C26H24BrN3O3S/c1-3-32-21-12-8-19(9-13-21)24(31)17-34-26-29-28-25(16-33-22-14-10-20(27)11-15-22)30(26)23-7-5-4-6-18(23)2/h4-15H,3,16-17H2,1-2H3. The Bertz CT molecular complexity index is 1260. The fraction of sp³-hybridized carbons (Fsp3) is 0.192. The van der Waals surface area contributed by atoms with Crippen LogP contribution in [0, 0.1) is 6.92 Å². The van der Waals surface area contributed by atoms with Crippen LogP contribution in [0.15, 0.2) is 82.4 Å². The van der Waals surface area contributed by atoms with Gasteiger partial charge in [-0.3, -0.25) is 9.36 Å². The first kappa shape index (κ1) is 24.0. The number of ketones is 1. The summed E-state index contributed by atoms with van der Waals surface area (Å²) in [5, 5.41) is 9.40. The highest BCUT2D eigenvalue weighted by Gasteiger charge is 2.18. The van der Waals surface area contributed by atoms with Crippen molar-refractivity contribution >= 4 is 33.5 Å². The molecule has 174 valence electrons. The summed E-state index contributed by atoms with van der Waals surface area (Å²) in [4.78, 5) is 12.8. The molecule has 0 fully saturated rings. The molecule has 0 bridgehead atoms. The Labute approximate surface area is 211 Å². The average molecular weight is 538 g/mol. The molecule has 1 heterocycles. The predicted molar refractivity (Wildman–Crippen MR) is 137 cm³/mol. The van der Waals surface area contributed by atoms with E-state index in [-0.39, 0.29) is 18.1 Å². The molecule has 6 nitrogen and oxygen atoms in total. The number of hydrogen-bond acceptors (Lipinski definition) is 6. The zero-order valence-corrected chi connectivity index (χ0v) is 21.3. The van der Waals surface area contributed by atoms with E-state index in [0.717, 1.165) is 27.2 Å². The third-order valence-electron chi connectivity index (χ3n) is 5.06. The van der Waals surface area contributed by atoms with Crippen LogP contribution >= 0.6 is 27.7 Å². The van der Waals surface area contributed by atoms with E-state index in [4.69, 9.17) is 9.47 Å². The summed E-state index contributed by atoms with van der Waals surface area (Å²) in [6, 6.07) is 22.9. The molecular formula is C26H24BrN3O3S. The van der Waals surface area contributed by atoms with Crippen LogP contribution in [0.2, 0.25) is 0 Å². The maximum Gasteiger partial charge on any atom is 0.196 e. The molecule has 0 aliphatic heterocycles. The van der Waals surface area contributed by atoms with E-state index in [1.165, 1.54) is 11.8 Å². The van der Waals surface area contributed by atoms with Crippen molar-refractivity contribution in [3.63, 3.8) is 0 Å². The van der Waals surface area contributed by atoms with Crippen LogP contribution in [-0.4, -0.2) is 32.9 Å². The first-order valence-electron chi connectivity index (χ1n) is 10.8. The average Bonchev–Trinajstić information content (AvgIpc) is 3.25. The molecule has 0 N–H and O–H groups in total. The zero-order chi connectivity index (χ0) is 23.9. The highest BCUT2D eigenvalue weighted by molar-refractivity contribution is 9.10. The summed E-state index contributed by atoms with van der Waals surface area (Å²) in [6.07, 6.45) is 0. The second-order valence-corrected chi connectivity index (χ2v) is 9.29. The molecule has 0 saturated carbocycles. The first-order chi connectivity index (χ1) is 16.5. The number of para-hydroxylation sites is 1. The molecule has 0 saturated heterocycles. The quantitative estimate of drug-likeness (QED) is 0.175. The number of rotatable bonds is 10. The molecular weight excluding hydrogens is 514 g/mol. The summed E-state index contributed by atoms with van der Waals surface area (Å²) in [5.41, 5.74) is 2.67. The van der Waals surface area contributed by atoms with Crippen molar-refractivity contribution in [3.8, 4) is 17.2 Å². The van der Waals surface area contributed by atoms with Crippen LogP contribution in [0.3, 0.4) is 0 Å². The zero-order valence-electron chi connectivity index (χ0n) is 18.9. The van der Waals surface area contributed by atoms with Gasteiger partial charge in [-0.25, -0.2) is 0 Å². The van der Waals surface area contributed by atoms with Gasteiger partial charge in [0.25, 0.3) is 0 Å². The minimum Gasteiger partial charge on any atom is -0.494 e. The Morgan fingerprint density at radius 3 is 2.32 bits per heavy atom. The molecule has 0 aliphatic carbocycles. The van der Waals surface area contributed by atoms with E-state index in [1.807, 2.05) is 79.1 Å².